The highest BCUT2D eigenvalue weighted by Crippen LogP contribution is 2.30. The average molecular weight is 226 g/mol. The molecule has 1 aromatic carbocycles. The van der Waals surface area contributed by atoms with Gasteiger partial charge in [0.15, 0.2) is 0 Å². The summed E-state index contributed by atoms with van der Waals surface area (Å²) in [6, 6.07) is 2.24. The molecule has 0 aliphatic carbocycles. The molecule has 7 heteroatoms. The number of carbonyl (C=O) groups is 1. The van der Waals surface area contributed by atoms with Crippen LogP contribution in [0, 0.1) is 10.1 Å². The molecule has 0 amide bonds. The van der Waals surface area contributed by atoms with Crippen molar-refractivity contribution in [1.82, 2.24) is 0 Å². The van der Waals surface area contributed by atoms with Crippen LogP contribution in [0.15, 0.2) is 12.1 Å². The second-order valence-electron chi connectivity index (χ2n) is 2.86. The number of benzene rings is 1. The van der Waals surface area contributed by atoms with Gasteiger partial charge in [-0.05, 0) is 6.07 Å². The third-order valence-electron chi connectivity index (χ3n) is 1.95. The van der Waals surface area contributed by atoms with E-state index in [9.17, 15) is 14.9 Å². The molecule has 0 spiro atoms. The molecule has 1 aromatic rings. The van der Waals surface area contributed by atoms with Crippen molar-refractivity contribution < 1.29 is 19.2 Å². The van der Waals surface area contributed by atoms with E-state index < -0.39 is 16.6 Å². The zero-order valence-corrected chi connectivity index (χ0v) is 8.72. The number of nitro benzene ring substituents is 1. The number of methoxy groups -OCH3 is 2. The Morgan fingerprint density at radius 2 is 2.06 bits per heavy atom. The normalized spacial score (nSPS) is 9.62. The SMILES string of the molecule is COC(=O)c1cc(N)c(OC)cc1[N+](=O)[O-]. The molecule has 0 aromatic heterocycles. The molecule has 7 nitrogen and oxygen atoms in total. The first-order valence-electron chi connectivity index (χ1n) is 4.21. The van der Waals surface area contributed by atoms with Crippen LogP contribution in [0.4, 0.5) is 11.4 Å². The first-order chi connectivity index (χ1) is 7.51. The summed E-state index contributed by atoms with van der Waals surface area (Å²) < 4.78 is 9.24. The number of hydrogen-bond donors (Lipinski definition) is 1. The summed E-state index contributed by atoms with van der Waals surface area (Å²) in [6.45, 7) is 0. The third-order valence-corrected chi connectivity index (χ3v) is 1.95. The summed E-state index contributed by atoms with van der Waals surface area (Å²) in [5, 5.41) is 10.7. The topological polar surface area (TPSA) is 105 Å². The number of ether oxygens (including phenoxy) is 2. The van der Waals surface area contributed by atoms with Crippen LogP contribution in [-0.2, 0) is 4.74 Å². The Balaban J connectivity index is 3.42. The average Bonchev–Trinajstić information content (AvgIpc) is 2.27. The van der Waals surface area contributed by atoms with Crippen molar-refractivity contribution in [1.29, 1.82) is 0 Å². The quantitative estimate of drug-likeness (QED) is 0.356. The van der Waals surface area contributed by atoms with E-state index in [1.807, 2.05) is 0 Å². The summed E-state index contributed by atoms with van der Waals surface area (Å²) in [6.07, 6.45) is 0. The van der Waals surface area contributed by atoms with Gasteiger partial charge in [-0.3, -0.25) is 10.1 Å². The number of nitrogens with zero attached hydrogens (tertiary/aromatic N) is 1. The maximum Gasteiger partial charge on any atom is 0.344 e. The second-order valence-corrected chi connectivity index (χ2v) is 2.86. The Labute approximate surface area is 90.9 Å². The lowest BCUT2D eigenvalue weighted by Crippen LogP contribution is -2.07. The van der Waals surface area contributed by atoms with Gasteiger partial charge in [0.05, 0.1) is 30.9 Å². The number of nitrogens with two attached hydrogens (primary N) is 1. The number of esters is 1. The highest BCUT2D eigenvalue weighted by Gasteiger charge is 2.23. The van der Waals surface area contributed by atoms with Crippen molar-refractivity contribution in [3.8, 4) is 5.75 Å². The third kappa shape index (κ3) is 2.02. The zero-order chi connectivity index (χ0) is 12.3. The number of hydrogen-bond acceptors (Lipinski definition) is 6. The first-order valence-corrected chi connectivity index (χ1v) is 4.21. The molecule has 0 bridgehead atoms. The van der Waals surface area contributed by atoms with Crippen LogP contribution in [0.1, 0.15) is 10.4 Å². The van der Waals surface area contributed by atoms with Gasteiger partial charge in [-0.25, -0.2) is 4.79 Å². The van der Waals surface area contributed by atoms with Gasteiger partial charge in [-0.1, -0.05) is 0 Å². The lowest BCUT2D eigenvalue weighted by atomic mass is 10.1. The fourth-order valence-corrected chi connectivity index (χ4v) is 1.19. The molecule has 0 aliphatic heterocycles. The zero-order valence-electron chi connectivity index (χ0n) is 8.72. The van der Waals surface area contributed by atoms with Crippen molar-refractivity contribution in [3.63, 3.8) is 0 Å². The molecule has 0 saturated carbocycles. The Morgan fingerprint density at radius 1 is 1.44 bits per heavy atom. The second kappa shape index (κ2) is 4.47. The molecule has 1 rings (SSSR count). The first kappa shape index (κ1) is 11.8. The minimum atomic E-state index is -0.818. The van der Waals surface area contributed by atoms with Gasteiger partial charge in [-0.15, -0.1) is 0 Å². The summed E-state index contributed by atoms with van der Waals surface area (Å²) in [7, 11) is 2.46. The van der Waals surface area contributed by atoms with E-state index in [2.05, 4.69) is 4.74 Å². The summed E-state index contributed by atoms with van der Waals surface area (Å²) in [5.41, 5.74) is 5.06. The van der Waals surface area contributed by atoms with Gasteiger partial charge >= 0.3 is 5.97 Å². The van der Waals surface area contributed by atoms with Gasteiger partial charge < -0.3 is 15.2 Å². The van der Waals surface area contributed by atoms with Gasteiger partial charge in [0.2, 0.25) is 0 Å². The minimum absolute atomic E-state index is 0.133. The Bertz CT molecular complexity index is 444. The van der Waals surface area contributed by atoms with Crippen LogP contribution in [0.25, 0.3) is 0 Å². The van der Waals surface area contributed by atoms with Gasteiger partial charge in [0.25, 0.3) is 5.69 Å². The molecule has 86 valence electrons. The molecule has 0 saturated heterocycles. The molecular weight excluding hydrogens is 216 g/mol. The highest BCUT2D eigenvalue weighted by atomic mass is 16.6. The lowest BCUT2D eigenvalue weighted by molar-refractivity contribution is -0.385. The van der Waals surface area contributed by atoms with Crippen molar-refractivity contribution >= 4 is 17.3 Å². The van der Waals surface area contributed by atoms with E-state index in [-0.39, 0.29) is 17.0 Å². The Hall–Kier alpha value is -2.31. The van der Waals surface area contributed by atoms with Crippen LogP contribution in [0.3, 0.4) is 0 Å². The standard InChI is InChI=1S/C9H10N2O5/c1-15-8-4-7(11(13)14)5(3-6(8)10)9(12)16-2/h3-4H,10H2,1-2H3. The molecule has 0 atom stereocenters. The van der Waals surface area contributed by atoms with E-state index in [0.717, 1.165) is 19.2 Å². The fourth-order valence-electron chi connectivity index (χ4n) is 1.19. The predicted octanol–water partition coefficient (Wildman–Crippen LogP) is 0.972. The molecule has 0 fully saturated rings. The number of nitrogen functional groups attached to an aromatic ring is 1. The van der Waals surface area contributed by atoms with Gasteiger partial charge in [0.1, 0.15) is 11.3 Å². The minimum Gasteiger partial charge on any atom is -0.494 e. The number of carbonyl (C=O) groups excluding carboxylic acids is 1. The van der Waals surface area contributed by atoms with Crippen molar-refractivity contribution in [2.24, 2.45) is 0 Å². The highest BCUT2D eigenvalue weighted by molar-refractivity contribution is 5.95. The van der Waals surface area contributed by atoms with E-state index >= 15 is 0 Å². The predicted molar refractivity (Wildman–Crippen MR) is 55.4 cm³/mol. The smallest absolute Gasteiger partial charge is 0.344 e. The van der Waals surface area contributed by atoms with Crippen LogP contribution in [0.2, 0.25) is 0 Å². The summed E-state index contributed by atoms with van der Waals surface area (Å²) >= 11 is 0. The van der Waals surface area contributed by atoms with Crippen molar-refractivity contribution in [2.45, 2.75) is 0 Å². The Kier molecular flexibility index (Phi) is 3.29. The van der Waals surface area contributed by atoms with E-state index in [1.165, 1.54) is 7.11 Å². The van der Waals surface area contributed by atoms with Crippen LogP contribution in [-0.4, -0.2) is 25.1 Å². The molecular formula is C9H10N2O5. The molecule has 16 heavy (non-hydrogen) atoms. The lowest BCUT2D eigenvalue weighted by Gasteiger charge is -2.06. The Morgan fingerprint density at radius 3 is 2.50 bits per heavy atom. The largest absolute Gasteiger partial charge is 0.494 e. The molecule has 0 unspecified atom stereocenters. The summed E-state index contributed by atoms with van der Waals surface area (Å²) in [4.78, 5) is 21.3. The van der Waals surface area contributed by atoms with Gasteiger partial charge in [-0.2, -0.15) is 0 Å². The fraction of sp³-hybridized carbons (Fsp3) is 0.222. The molecule has 2 N–H and O–H groups in total. The molecule has 0 aliphatic rings. The van der Waals surface area contributed by atoms with E-state index in [0.29, 0.717) is 0 Å². The monoisotopic (exact) mass is 226 g/mol. The number of nitro groups is 1. The van der Waals surface area contributed by atoms with Crippen molar-refractivity contribution in [2.75, 3.05) is 20.0 Å². The van der Waals surface area contributed by atoms with Crippen molar-refractivity contribution in [3.05, 3.63) is 27.8 Å². The van der Waals surface area contributed by atoms with Crippen LogP contribution in [0.5, 0.6) is 5.75 Å². The maximum atomic E-state index is 11.3. The van der Waals surface area contributed by atoms with Crippen LogP contribution >= 0.6 is 0 Å². The van der Waals surface area contributed by atoms with Crippen LogP contribution < -0.4 is 10.5 Å². The van der Waals surface area contributed by atoms with Gasteiger partial charge in [0, 0.05) is 0 Å². The summed E-state index contributed by atoms with van der Waals surface area (Å²) in [5.74, 6) is -0.680. The number of anilines is 1. The van der Waals surface area contributed by atoms with E-state index in [4.69, 9.17) is 10.5 Å². The molecule has 0 radical (unpaired) electrons. The molecule has 0 heterocycles. The van der Waals surface area contributed by atoms with E-state index in [1.54, 1.807) is 0 Å². The number of rotatable bonds is 3. The maximum absolute atomic E-state index is 11.3.